The monoisotopic (exact) mass is 290 g/mol. The highest BCUT2D eigenvalue weighted by Crippen LogP contribution is 2.35. The number of aryl methyl sites for hydroxylation is 1. The van der Waals surface area contributed by atoms with Crippen LogP contribution in [-0.4, -0.2) is 12.7 Å². The molecule has 0 heterocycles. The Bertz CT molecular complexity index is 441. The summed E-state index contributed by atoms with van der Waals surface area (Å²) in [6.45, 7) is 7.15. The van der Waals surface area contributed by atoms with E-state index < -0.39 is 0 Å². The van der Waals surface area contributed by atoms with E-state index in [1.165, 1.54) is 48.8 Å². The number of nitrogens with one attached hydrogen (secondary N) is 1. The number of hydrogen-bond acceptors (Lipinski definition) is 3. The van der Waals surface area contributed by atoms with E-state index in [9.17, 15) is 0 Å². The molecule has 3 heteroatoms. The Morgan fingerprint density at radius 3 is 2.57 bits per heavy atom. The van der Waals surface area contributed by atoms with E-state index >= 15 is 0 Å². The number of ether oxygens (including phenoxy) is 1. The Morgan fingerprint density at radius 2 is 1.95 bits per heavy atom. The SMILES string of the molecule is CCOC(C1CCCCC1)C(NN)c1cccc(C)c1C. The number of hydrazine groups is 1. The minimum absolute atomic E-state index is 0.0768. The maximum atomic E-state index is 6.14. The molecule has 1 saturated carbocycles. The van der Waals surface area contributed by atoms with Gasteiger partial charge in [0, 0.05) is 6.61 Å². The fourth-order valence-electron chi connectivity index (χ4n) is 3.63. The molecule has 1 aromatic carbocycles. The summed E-state index contributed by atoms with van der Waals surface area (Å²) < 4.78 is 6.14. The van der Waals surface area contributed by atoms with E-state index in [2.05, 4.69) is 44.4 Å². The second kappa shape index (κ2) is 7.92. The van der Waals surface area contributed by atoms with E-state index in [-0.39, 0.29) is 12.1 Å². The van der Waals surface area contributed by atoms with Crippen molar-refractivity contribution in [2.45, 2.75) is 65.0 Å². The lowest BCUT2D eigenvalue weighted by atomic mass is 9.80. The van der Waals surface area contributed by atoms with E-state index in [4.69, 9.17) is 10.6 Å². The molecule has 0 bridgehead atoms. The van der Waals surface area contributed by atoms with Gasteiger partial charge >= 0.3 is 0 Å². The van der Waals surface area contributed by atoms with E-state index in [1.54, 1.807) is 0 Å². The standard InChI is InChI=1S/C18H30N2O/c1-4-21-18(15-10-6-5-7-11-15)17(20-19)16-12-8-9-13(2)14(16)3/h8-9,12,15,17-18,20H,4-7,10-11,19H2,1-3H3. The topological polar surface area (TPSA) is 47.3 Å². The average molecular weight is 290 g/mol. The third-order valence-corrected chi connectivity index (χ3v) is 4.96. The van der Waals surface area contributed by atoms with Gasteiger partial charge in [0.1, 0.15) is 0 Å². The van der Waals surface area contributed by atoms with Crippen LogP contribution in [0.15, 0.2) is 18.2 Å². The van der Waals surface area contributed by atoms with Gasteiger partial charge in [-0.2, -0.15) is 0 Å². The van der Waals surface area contributed by atoms with Gasteiger partial charge in [0.25, 0.3) is 0 Å². The van der Waals surface area contributed by atoms with Gasteiger partial charge in [0.2, 0.25) is 0 Å². The molecule has 3 N–H and O–H groups in total. The van der Waals surface area contributed by atoms with Crippen molar-refractivity contribution in [1.29, 1.82) is 0 Å². The quantitative estimate of drug-likeness (QED) is 0.619. The molecule has 2 rings (SSSR count). The summed E-state index contributed by atoms with van der Waals surface area (Å²) in [6, 6.07) is 6.53. The summed E-state index contributed by atoms with van der Waals surface area (Å²) in [6.07, 6.45) is 6.68. The van der Waals surface area contributed by atoms with Crippen molar-refractivity contribution in [3.8, 4) is 0 Å². The summed E-state index contributed by atoms with van der Waals surface area (Å²) in [7, 11) is 0. The number of rotatable bonds is 6. The molecule has 0 aliphatic heterocycles. The van der Waals surface area contributed by atoms with Crippen LogP contribution in [0.4, 0.5) is 0 Å². The lowest BCUT2D eigenvalue weighted by molar-refractivity contribution is -0.0185. The predicted octanol–water partition coefficient (Wildman–Crippen LogP) is 3.79. The van der Waals surface area contributed by atoms with Crippen molar-refractivity contribution in [1.82, 2.24) is 5.43 Å². The second-order valence-corrected chi connectivity index (χ2v) is 6.25. The highest BCUT2D eigenvalue weighted by atomic mass is 16.5. The Hall–Kier alpha value is -0.900. The van der Waals surface area contributed by atoms with Gasteiger partial charge in [0.15, 0.2) is 0 Å². The number of hydrogen-bond donors (Lipinski definition) is 2. The van der Waals surface area contributed by atoms with Crippen LogP contribution < -0.4 is 11.3 Å². The van der Waals surface area contributed by atoms with E-state index in [1.807, 2.05) is 0 Å². The van der Waals surface area contributed by atoms with Gasteiger partial charge in [-0.1, -0.05) is 37.5 Å². The van der Waals surface area contributed by atoms with E-state index in [0.717, 1.165) is 6.61 Å². The lowest BCUT2D eigenvalue weighted by Crippen LogP contribution is -2.43. The molecule has 0 amide bonds. The molecule has 2 atom stereocenters. The smallest absolute Gasteiger partial charge is 0.0810 e. The fraction of sp³-hybridized carbons (Fsp3) is 0.667. The molecule has 0 aromatic heterocycles. The molecule has 21 heavy (non-hydrogen) atoms. The third kappa shape index (κ3) is 3.85. The molecular weight excluding hydrogens is 260 g/mol. The van der Waals surface area contributed by atoms with Crippen LogP contribution in [0.25, 0.3) is 0 Å². The van der Waals surface area contributed by atoms with Crippen LogP contribution in [-0.2, 0) is 4.74 Å². The first kappa shape index (κ1) is 16.5. The zero-order valence-electron chi connectivity index (χ0n) is 13.7. The van der Waals surface area contributed by atoms with Crippen LogP contribution in [0.3, 0.4) is 0 Å². The summed E-state index contributed by atoms with van der Waals surface area (Å²) in [4.78, 5) is 0. The van der Waals surface area contributed by atoms with Gasteiger partial charge in [-0.3, -0.25) is 11.3 Å². The molecule has 0 spiro atoms. The molecule has 118 valence electrons. The molecule has 2 unspecified atom stereocenters. The van der Waals surface area contributed by atoms with Gasteiger partial charge in [-0.25, -0.2) is 0 Å². The third-order valence-electron chi connectivity index (χ3n) is 4.96. The van der Waals surface area contributed by atoms with Crippen molar-refractivity contribution in [3.63, 3.8) is 0 Å². The lowest BCUT2D eigenvalue weighted by Gasteiger charge is -2.36. The molecule has 1 aliphatic rings. The largest absolute Gasteiger partial charge is 0.376 e. The minimum Gasteiger partial charge on any atom is -0.376 e. The molecule has 0 saturated heterocycles. The zero-order valence-corrected chi connectivity index (χ0v) is 13.7. The molecule has 0 radical (unpaired) electrons. The van der Waals surface area contributed by atoms with Gasteiger partial charge in [-0.15, -0.1) is 0 Å². The van der Waals surface area contributed by atoms with Crippen molar-refractivity contribution in [2.75, 3.05) is 6.61 Å². The number of nitrogens with two attached hydrogens (primary N) is 1. The maximum absolute atomic E-state index is 6.14. The predicted molar refractivity (Wildman–Crippen MR) is 88.0 cm³/mol. The molecule has 1 aliphatic carbocycles. The normalized spacial score (nSPS) is 19.4. The van der Waals surface area contributed by atoms with Gasteiger partial charge in [0.05, 0.1) is 12.1 Å². The second-order valence-electron chi connectivity index (χ2n) is 6.25. The summed E-state index contributed by atoms with van der Waals surface area (Å²) in [5.74, 6) is 6.54. The van der Waals surface area contributed by atoms with Gasteiger partial charge < -0.3 is 4.74 Å². The van der Waals surface area contributed by atoms with Crippen molar-refractivity contribution in [3.05, 3.63) is 34.9 Å². The van der Waals surface area contributed by atoms with Crippen LogP contribution in [0.1, 0.15) is 61.8 Å². The fourth-order valence-corrected chi connectivity index (χ4v) is 3.63. The van der Waals surface area contributed by atoms with Crippen molar-refractivity contribution < 1.29 is 4.74 Å². The molecule has 1 fully saturated rings. The van der Waals surface area contributed by atoms with E-state index in [0.29, 0.717) is 5.92 Å². The summed E-state index contributed by atoms with van der Waals surface area (Å²) in [5.41, 5.74) is 6.95. The minimum atomic E-state index is 0.0768. The summed E-state index contributed by atoms with van der Waals surface area (Å²) in [5, 5.41) is 0. The highest BCUT2D eigenvalue weighted by molar-refractivity contribution is 5.36. The highest BCUT2D eigenvalue weighted by Gasteiger charge is 2.32. The Morgan fingerprint density at radius 1 is 1.24 bits per heavy atom. The van der Waals surface area contributed by atoms with Crippen LogP contribution in [0.2, 0.25) is 0 Å². The van der Waals surface area contributed by atoms with Crippen LogP contribution in [0.5, 0.6) is 0 Å². The molecular formula is C18H30N2O. The maximum Gasteiger partial charge on any atom is 0.0810 e. The van der Waals surface area contributed by atoms with Crippen LogP contribution in [0, 0.1) is 19.8 Å². The van der Waals surface area contributed by atoms with Crippen LogP contribution >= 0.6 is 0 Å². The van der Waals surface area contributed by atoms with Crippen molar-refractivity contribution in [2.24, 2.45) is 11.8 Å². The number of benzene rings is 1. The first-order valence-corrected chi connectivity index (χ1v) is 8.32. The zero-order chi connectivity index (χ0) is 15.2. The average Bonchev–Trinajstić information content (AvgIpc) is 2.52. The Balaban J connectivity index is 2.28. The molecule has 3 nitrogen and oxygen atoms in total. The summed E-state index contributed by atoms with van der Waals surface area (Å²) >= 11 is 0. The Kier molecular flexibility index (Phi) is 6.22. The van der Waals surface area contributed by atoms with Gasteiger partial charge in [-0.05, 0) is 56.2 Å². The first-order valence-electron chi connectivity index (χ1n) is 8.32. The first-order chi connectivity index (χ1) is 10.2. The Labute approximate surface area is 129 Å². The van der Waals surface area contributed by atoms with Crippen molar-refractivity contribution >= 4 is 0 Å². The molecule has 1 aromatic rings.